The van der Waals surface area contributed by atoms with Crippen LogP contribution in [-0.2, 0) is 93.2 Å². The Bertz CT molecular complexity index is 1730. The van der Waals surface area contributed by atoms with Gasteiger partial charge in [-0.15, -0.1) is 0 Å². The summed E-state index contributed by atoms with van der Waals surface area (Å²) < 4.78 is 67.0. The van der Waals surface area contributed by atoms with E-state index in [2.05, 4.69) is 129 Å². The molecule has 0 aliphatic carbocycles. The monoisotopic (exact) mass is 1270 g/mol. The molecule has 0 saturated carbocycles. The second kappa shape index (κ2) is 69.0. The van der Waals surface area contributed by atoms with Crippen molar-refractivity contribution in [3.8, 4) is 23.0 Å². The molecule has 0 aliphatic rings. The first-order chi connectivity index (χ1) is 29.7. The first-order valence-corrected chi connectivity index (χ1v) is 22.5. The van der Waals surface area contributed by atoms with Gasteiger partial charge in [0.2, 0.25) is 0 Å². The number of rotatable bonds is 5. The summed E-state index contributed by atoms with van der Waals surface area (Å²) in [4.78, 5) is 24.8. The molecule has 6 aromatic rings. The molecule has 60 heavy (non-hydrogen) atoms. The summed E-state index contributed by atoms with van der Waals surface area (Å²) in [6.45, 7) is 45.1. The van der Waals surface area contributed by atoms with Crippen molar-refractivity contribution in [1.82, 2.24) is 43.6 Å². The fourth-order valence-electron chi connectivity index (χ4n) is 3.40. The first kappa shape index (κ1) is 73.0. The second-order valence-electron chi connectivity index (χ2n) is 8.05. The Hall–Kier alpha value is -4.62. The van der Waals surface area contributed by atoms with Gasteiger partial charge in [-0.3, -0.25) is 9.97 Å². The van der Waals surface area contributed by atoms with Crippen molar-refractivity contribution < 1.29 is 73.6 Å². The quantitative estimate of drug-likeness (QED) is 0.0947. The molecule has 0 radical (unpaired) electrons. The molecule has 0 N–H and O–H groups in total. The van der Waals surface area contributed by atoms with Crippen LogP contribution >= 0.6 is 35.0 Å². The summed E-state index contributed by atoms with van der Waals surface area (Å²) in [6.07, 6.45) is 18.4. The molecule has 22 heteroatoms. The van der Waals surface area contributed by atoms with Crippen molar-refractivity contribution in [3.05, 3.63) is 175 Å². The Balaban J connectivity index is -0.0000000895. The molecular formula is C38H34BrCl2N9O8Re2. The molecule has 6 rings (SSSR count). The summed E-state index contributed by atoms with van der Waals surface area (Å²) in [5.74, 6) is 1.87. The summed E-state index contributed by atoms with van der Waals surface area (Å²) in [6, 6.07) is 17.4. The molecule has 0 spiro atoms. The van der Waals surface area contributed by atoms with Crippen molar-refractivity contribution in [3.63, 3.8) is 0 Å². The van der Waals surface area contributed by atoms with Gasteiger partial charge in [-0.1, -0.05) is 18.2 Å². The molecule has 0 amide bonds. The Kier molecular flexibility index (Phi) is 83.9. The molecule has 6 aromatic heterocycles. The maximum atomic E-state index is 7.50. The van der Waals surface area contributed by atoms with E-state index in [1.165, 1.54) is 36.4 Å². The Morgan fingerprint density at radius 1 is 0.467 bits per heavy atom. The van der Waals surface area contributed by atoms with Crippen LogP contribution in [0.4, 0.5) is 0 Å². The van der Waals surface area contributed by atoms with E-state index in [1.54, 1.807) is 43.5 Å². The fraction of sp³-hybridized carbons (Fsp3) is 0.158. The van der Waals surface area contributed by atoms with Crippen LogP contribution in [0.5, 0.6) is 0 Å². The molecular weight excluding hydrogens is 1230 g/mol. The number of aryl methyl sites for hydroxylation is 3. The van der Waals surface area contributed by atoms with E-state index < -0.39 is 0 Å². The van der Waals surface area contributed by atoms with Crippen molar-refractivity contribution in [1.29, 1.82) is 0 Å². The van der Waals surface area contributed by atoms with Gasteiger partial charge < -0.3 is 13.7 Å². The molecule has 0 aromatic carbocycles. The number of halogens is 3. The Morgan fingerprint density at radius 2 is 0.817 bits per heavy atom. The molecule has 0 fully saturated rings. The fourth-order valence-corrected chi connectivity index (χ4v) is 3.67. The topological polar surface area (TPSA) is 251 Å². The van der Waals surface area contributed by atoms with Crippen LogP contribution in [0, 0.1) is 53.2 Å². The van der Waals surface area contributed by atoms with E-state index in [1.807, 2.05) is 77.8 Å². The van der Waals surface area contributed by atoms with E-state index in [-0.39, 0.29) is 0 Å². The first-order valence-electron chi connectivity index (χ1n) is 14.9. The Morgan fingerprint density at radius 3 is 1.02 bits per heavy atom. The van der Waals surface area contributed by atoms with Gasteiger partial charge >= 0.3 is 146 Å². The molecule has 17 nitrogen and oxygen atoms in total. The number of aromatic nitrogens is 9. The number of hydrogen-bond donors (Lipinski definition) is 0. The SMILES string of the molecule is Brc1ccccn1.CCn1ccnc1.CCn1ccnc1-c1ccccn1.CCn1ccnc1-c1ccccn1.[C-]#[O+].[C-]#[O+].[C-]#[O+].[C-]#[O+].[C-]#[O+].[C-]#[O+].[C-]#[O+].[C-]#[O+].[Cl][Re].[Cl][Re]. The molecule has 0 atom stereocenters. The standard InChI is InChI=1S/2C10H11N3.C5H4BrN.C5H8N2.8CO.2ClH.2Re/c2*1-2-13-8-7-12-10(13)9-5-3-4-6-11-9;6-5-3-1-2-4-7-5;1-2-7-4-3-6-5-7;8*1-2;;;;/h2*3-8H,2H2,1H3;1-4H;3-5H,2H2,1H3;;;;;;;;;2*1H;;/q;;;;;;;;;;;;;;2*+1/p-2. The third-order valence-electron chi connectivity index (χ3n) is 5.45. The summed E-state index contributed by atoms with van der Waals surface area (Å²) >= 11 is 5.59. The van der Waals surface area contributed by atoms with Gasteiger partial charge in [-0.25, -0.2) is 19.9 Å². The number of imidazole rings is 3. The van der Waals surface area contributed by atoms with Gasteiger partial charge in [0.15, 0.2) is 11.6 Å². The predicted molar refractivity (Wildman–Crippen MR) is 205 cm³/mol. The van der Waals surface area contributed by atoms with Crippen LogP contribution in [0.1, 0.15) is 20.8 Å². The molecule has 314 valence electrons. The predicted octanol–water partition coefficient (Wildman–Crippen LogP) is 7.75. The van der Waals surface area contributed by atoms with Gasteiger partial charge in [-0.2, -0.15) is 0 Å². The number of hydrogen-bond acceptors (Lipinski definition) is 6. The summed E-state index contributed by atoms with van der Waals surface area (Å²) in [7, 11) is 9.39. The van der Waals surface area contributed by atoms with E-state index in [0.29, 0.717) is 0 Å². The van der Waals surface area contributed by atoms with Gasteiger partial charge in [-0.05, 0) is 73.1 Å². The van der Waals surface area contributed by atoms with Crippen LogP contribution in [0.15, 0.2) is 121 Å². The average Bonchev–Trinajstić information content (AvgIpc) is 4.21. The summed E-state index contributed by atoms with van der Waals surface area (Å²) in [5, 5.41) is 0. The third-order valence-corrected chi connectivity index (χ3v) is 5.92. The van der Waals surface area contributed by atoms with Crippen LogP contribution < -0.4 is 0 Å². The van der Waals surface area contributed by atoms with Crippen molar-refractivity contribution in [2.24, 2.45) is 0 Å². The molecule has 0 unspecified atom stereocenters. The third kappa shape index (κ3) is 40.2. The van der Waals surface area contributed by atoms with Crippen molar-refractivity contribution in [2.75, 3.05) is 0 Å². The zero-order valence-corrected chi connectivity index (χ0v) is 40.3. The second-order valence-corrected chi connectivity index (χ2v) is 8.86. The van der Waals surface area contributed by atoms with Crippen LogP contribution in [-0.4, -0.2) is 43.6 Å². The van der Waals surface area contributed by atoms with Crippen LogP contribution in [0.3, 0.4) is 0 Å². The number of pyridine rings is 3. The number of nitrogens with zero attached hydrogens (tertiary/aromatic N) is 9. The van der Waals surface area contributed by atoms with E-state index >= 15 is 0 Å². The zero-order chi connectivity index (χ0) is 48.4. The van der Waals surface area contributed by atoms with Gasteiger partial charge in [0.1, 0.15) is 16.0 Å². The van der Waals surface area contributed by atoms with Crippen LogP contribution in [0.2, 0.25) is 0 Å². The van der Waals surface area contributed by atoms with Gasteiger partial charge in [0.25, 0.3) is 0 Å². The summed E-state index contributed by atoms with van der Waals surface area (Å²) in [5.41, 5.74) is 1.85. The Labute approximate surface area is 387 Å². The molecule has 6 heterocycles. The molecule has 0 aliphatic heterocycles. The van der Waals surface area contributed by atoms with Gasteiger partial charge in [0, 0.05) is 75.4 Å². The van der Waals surface area contributed by atoms with E-state index in [0.717, 1.165) is 47.3 Å². The minimum absolute atomic E-state index is 0.884. The molecule has 0 bridgehead atoms. The van der Waals surface area contributed by atoms with Crippen LogP contribution in [0.25, 0.3) is 23.0 Å². The van der Waals surface area contributed by atoms with Crippen molar-refractivity contribution >= 4 is 35.0 Å². The zero-order valence-electron chi connectivity index (χ0n) is 31.8. The minimum atomic E-state index is 0.884. The van der Waals surface area contributed by atoms with Gasteiger partial charge in [0.05, 0.1) is 6.33 Å². The maximum absolute atomic E-state index is 7.50. The molecule has 0 saturated heterocycles. The average molecular weight is 1270 g/mol. The normalized spacial score (nSPS) is 7.00. The van der Waals surface area contributed by atoms with Crippen molar-refractivity contribution in [2.45, 2.75) is 40.4 Å². The van der Waals surface area contributed by atoms with E-state index in [9.17, 15) is 0 Å². The van der Waals surface area contributed by atoms with E-state index in [4.69, 9.17) is 56.3 Å².